The number of rotatable bonds is 9. The van der Waals surface area contributed by atoms with E-state index < -0.39 is 23.9 Å². The van der Waals surface area contributed by atoms with E-state index in [9.17, 15) is 14.7 Å². The van der Waals surface area contributed by atoms with Gasteiger partial charge in [0.2, 0.25) is 11.8 Å². The number of benzene rings is 3. The minimum absolute atomic E-state index is 0.0792. The number of nitrogens with two attached hydrogens (primary N) is 1. The van der Waals surface area contributed by atoms with Crippen molar-refractivity contribution in [1.82, 2.24) is 10.6 Å². The Bertz CT molecular complexity index is 1050. The van der Waals surface area contributed by atoms with E-state index in [1.54, 1.807) is 24.3 Å². The number of phenolic OH excluding ortho intramolecular Hbond substituents is 1. The molecule has 2 atom stereocenters. The molecule has 0 unspecified atom stereocenters. The summed E-state index contributed by atoms with van der Waals surface area (Å²) >= 11 is 0. The van der Waals surface area contributed by atoms with Crippen molar-refractivity contribution in [2.45, 2.75) is 38.9 Å². The van der Waals surface area contributed by atoms with Crippen molar-refractivity contribution in [2.24, 2.45) is 11.7 Å². The summed E-state index contributed by atoms with van der Waals surface area (Å²) in [5.74, 6) is -0.835. The van der Waals surface area contributed by atoms with Crippen molar-refractivity contribution in [3.8, 4) is 16.9 Å². The molecule has 0 aromatic heterocycles. The van der Waals surface area contributed by atoms with Crippen molar-refractivity contribution < 1.29 is 14.7 Å². The fourth-order valence-electron chi connectivity index (χ4n) is 3.41. The molecule has 0 aliphatic carbocycles. The SMILES string of the molecule is CC(C)[C@H](N)C(=O)NC(=O)[C@H](Cc1ccc(O)cc1)NCc1ccc(-c2ccccc2)cc1. The maximum Gasteiger partial charge on any atom is 0.244 e. The van der Waals surface area contributed by atoms with Crippen LogP contribution in [0.15, 0.2) is 78.9 Å². The highest BCUT2D eigenvalue weighted by atomic mass is 16.3. The maximum atomic E-state index is 12.9. The minimum atomic E-state index is -0.756. The highest BCUT2D eigenvalue weighted by Gasteiger charge is 2.24. The summed E-state index contributed by atoms with van der Waals surface area (Å²) in [6.45, 7) is 4.12. The number of nitrogens with one attached hydrogen (secondary N) is 2. The van der Waals surface area contributed by atoms with Gasteiger partial charge in [0, 0.05) is 6.54 Å². The molecular formula is C27H31N3O3. The van der Waals surface area contributed by atoms with Crippen LogP contribution in [-0.2, 0) is 22.6 Å². The molecule has 0 spiro atoms. The van der Waals surface area contributed by atoms with Crippen LogP contribution >= 0.6 is 0 Å². The van der Waals surface area contributed by atoms with Crippen LogP contribution in [-0.4, -0.2) is 29.0 Å². The normalized spacial score (nSPS) is 12.8. The third kappa shape index (κ3) is 7.00. The Labute approximate surface area is 194 Å². The number of imide groups is 1. The Morgan fingerprint density at radius 3 is 2.00 bits per heavy atom. The predicted molar refractivity (Wildman–Crippen MR) is 130 cm³/mol. The highest BCUT2D eigenvalue weighted by Crippen LogP contribution is 2.19. The summed E-state index contributed by atoms with van der Waals surface area (Å²) in [5.41, 5.74) is 10.0. The van der Waals surface area contributed by atoms with Crippen LogP contribution in [0.25, 0.3) is 11.1 Å². The van der Waals surface area contributed by atoms with Gasteiger partial charge in [-0.2, -0.15) is 0 Å². The predicted octanol–water partition coefficient (Wildman–Crippen LogP) is 3.39. The molecule has 0 fully saturated rings. The molecule has 0 radical (unpaired) electrons. The van der Waals surface area contributed by atoms with Gasteiger partial charge >= 0.3 is 0 Å². The van der Waals surface area contributed by atoms with E-state index in [-0.39, 0.29) is 11.7 Å². The summed E-state index contributed by atoms with van der Waals surface area (Å²) in [5, 5.41) is 15.2. The van der Waals surface area contributed by atoms with Gasteiger partial charge in [0.25, 0.3) is 0 Å². The van der Waals surface area contributed by atoms with Gasteiger partial charge in [-0.3, -0.25) is 14.9 Å². The van der Waals surface area contributed by atoms with E-state index in [0.29, 0.717) is 13.0 Å². The van der Waals surface area contributed by atoms with Crippen LogP contribution < -0.4 is 16.4 Å². The van der Waals surface area contributed by atoms with Crippen molar-refractivity contribution in [3.05, 3.63) is 90.0 Å². The van der Waals surface area contributed by atoms with Crippen LogP contribution in [0.2, 0.25) is 0 Å². The zero-order valence-corrected chi connectivity index (χ0v) is 19.0. The molecule has 3 aromatic carbocycles. The first kappa shape index (κ1) is 24.2. The largest absolute Gasteiger partial charge is 0.508 e. The molecule has 0 aliphatic heterocycles. The monoisotopic (exact) mass is 445 g/mol. The second-order valence-corrected chi connectivity index (χ2v) is 8.49. The van der Waals surface area contributed by atoms with Crippen LogP contribution in [0.4, 0.5) is 0 Å². The Hall–Kier alpha value is -3.48. The molecule has 6 heteroatoms. The first-order valence-corrected chi connectivity index (χ1v) is 11.1. The standard InChI is InChI=1S/C27H31N3O3/c1-18(2)25(28)27(33)30-26(32)24(16-19-10-14-23(31)15-11-19)29-17-20-8-12-22(13-9-20)21-6-4-3-5-7-21/h3-15,18,24-25,29,31H,16-17,28H2,1-2H3,(H,30,32,33)/t24-,25-/m0/s1. The van der Waals surface area contributed by atoms with Gasteiger partial charge in [-0.05, 0) is 46.7 Å². The summed E-state index contributed by atoms with van der Waals surface area (Å²) in [6.07, 6.45) is 0.360. The van der Waals surface area contributed by atoms with Gasteiger partial charge in [0.05, 0.1) is 12.1 Å². The number of hydrogen-bond acceptors (Lipinski definition) is 5. The number of hydrogen-bond donors (Lipinski definition) is 4. The highest BCUT2D eigenvalue weighted by molar-refractivity contribution is 6.00. The molecule has 0 saturated heterocycles. The lowest BCUT2D eigenvalue weighted by atomic mass is 10.0. The molecule has 172 valence electrons. The van der Waals surface area contributed by atoms with E-state index in [1.165, 1.54) is 0 Å². The molecule has 6 nitrogen and oxygen atoms in total. The summed E-state index contributed by atoms with van der Waals surface area (Å²) < 4.78 is 0. The van der Waals surface area contributed by atoms with Gasteiger partial charge in [-0.15, -0.1) is 0 Å². The van der Waals surface area contributed by atoms with Gasteiger partial charge < -0.3 is 16.2 Å². The number of phenols is 1. The number of carbonyl (C=O) groups is 2. The maximum absolute atomic E-state index is 12.9. The summed E-state index contributed by atoms with van der Waals surface area (Å²) in [6, 6.07) is 23.5. The zero-order chi connectivity index (χ0) is 23.8. The minimum Gasteiger partial charge on any atom is -0.508 e. The molecule has 5 N–H and O–H groups in total. The van der Waals surface area contributed by atoms with Crippen LogP contribution in [0.1, 0.15) is 25.0 Å². The van der Waals surface area contributed by atoms with Gasteiger partial charge in [-0.1, -0.05) is 80.6 Å². The smallest absolute Gasteiger partial charge is 0.244 e. The molecule has 2 amide bonds. The Kier molecular flexibility index (Phi) is 8.35. The molecule has 33 heavy (non-hydrogen) atoms. The molecule has 3 aromatic rings. The van der Waals surface area contributed by atoms with Crippen LogP contribution in [0, 0.1) is 5.92 Å². The van der Waals surface area contributed by atoms with E-state index in [1.807, 2.05) is 56.3 Å². The topological polar surface area (TPSA) is 104 Å². The molecule has 3 rings (SSSR count). The fourth-order valence-corrected chi connectivity index (χ4v) is 3.41. The Morgan fingerprint density at radius 2 is 1.39 bits per heavy atom. The average Bonchev–Trinajstić information content (AvgIpc) is 2.83. The third-order valence-corrected chi connectivity index (χ3v) is 5.57. The lowest BCUT2D eigenvalue weighted by Crippen LogP contribution is -2.52. The summed E-state index contributed by atoms with van der Waals surface area (Å²) in [4.78, 5) is 25.2. The van der Waals surface area contributed by atoms with Crippen LogP contribution in [0.5, 0.6) is 5.75 Å². The van der Waals surface area contributed by atoms with Gasteiger partial charge in [-0.25, -0.2) is 0 Å². The Balaban J connectivity index is 1.69. The van der Waals surface area contributed by atoms with Crippen LogP contribution in [0.3, 0.4) is 0 Å². The number of aromatic hydroxyl groups is 1. The first-order chi connectivity index (χ1) is 15.8. The Morgan fingerprint density at radius 1 is 0.818 bits per heavy atom. The number of amides is 2. The van der Waals surface area contributed by atoms with E-state index in [0.717, 1.165) is 22.3 Å². The zero-order valence-electron chi connectivity index (χ0n) is 19.0. The van der Waals surface area contributed by atoms with E-state index >= 15 is 0 Å². The second-order valence-electron chi connectivity index (χ2n) is 8.49. The molecule has 0 aliphatic rings. The first-order valence-electron chi connectivity index (χ1n) is 11.1. The quantitative estimate of drug-likeness (QED) is 0.404. The van der Waals surface area contributed by atoms with Gasteiger partial charge in [0.15, 0.2) is 0 Å². The van der Waals surface area contributed by atoms with Crippen molar-refractivity contribution in [1.29, 1.82) is 0 Å². The molecular weight excluding hydrogens is 414 g/mol. The average molecular weight is 446 g/mol. The molecule has 0 heterocycles. The number of carbonyl (C=O) groups excluding carboxylic acids is 2. The van der Waals surface area contributed by atoms with Crippen molar-refractivity contribution in [3.63, 3.8) is 0 Å². The van der Waals surface area contributed by atoms with Gasteiger partial charge in [0.1, 0.15) is 5.75 Å². The van der Waals surface area contributed by atoms with E-state index in [4.69, 9.17) is 5.73 Å². The van der Waals surface area contributed by atoms with E-state index in [2.05, 4.69) is 22.8 Å². The third-order valence-electron chi connectivity index (χ3n) is 5.57. The summed E-state index contributed by atoms with van der Waals surface area (Å²) in [7, 11) is 0. The lowest BCUT2D eigenvalue weighted by molar-refractivity contribution is -0.132. The van der Waals surface area contributed by atoms with Crippen molar-refractivity contribution >= 4 is 11.8 Å². The molecule has 0 bridgehead atoms. The molecule has 0 saturated carbocycles. The second kappa shape index (κ2) is 11.4. The fraction of sp³-hybridized carbons (Fsp3) is 0.259. The lowest BCUT2D eigenvalue weighted by Gasteiger charge is -2.21. The van der Waals surface area contributed by atoms with Crippen molar-refractivity contribution in [2.75, 3.05) is 0 Å².